The van der Waals surface area contributed by atoms with Crippen molar-refractivity contribution in [3.8, 4) is 11.5 Å². The number of anilines is 2. The quantitative estimate of drug-likeness (QED) is 0.488. The fourth-order valence-electron chi connectivity index (χ4n) is 3.18. The van der Waals surface area contributed by atoms with Crippen molar-refractivity contribution in [1.82, 2.24) is 19.7 Å². The van der Waals surface area contributed by atoms with E-state index in [9.17, 15) is 9.59 Å². The Morgan fingerprint density at radius 2 is 2.07 bits per heavy atom. The van der Waals surface area contributed by atoms with E-state index in [1.54, 1.807) is 29.3 Å². The highest BCUT2D eigenvalue weighted by Crippen LogP contribution is 2.32. The number of amides is 1. The number of thiazole rings is 1. The molecule has 1 amide bonds. The smallest absolute Gasteiger partial charge is 0.295 e. The molecule has 0 aliphatic rings. The van der Waals surface area contributed by atoms with Crippen LogP contribution in [0.1, 0.15) is 23.7 Å². The maximum Gasteiger partial charge on any atom is 0.442 e. The van der Waals surface area contributed by atoms with Crippen molar-refractivity contribution in [2.45, 2.75) is 27.3 Å². The van der Waals surface area contributed by atoms with Gasteiger partial charge in [0, 0.05) is 18.5 Å². The molecule has 1 aromatic carbocycles. The highest BCUT2D eigenvalue weighted by atomic mass is 32.1. The van der Waals surface area contributed by atoms with Gasteiger partial charge in [-0.1, -0.05) is 28.9 Å². The second kappa shape index (κ2) is 8.03. The minimum Gasteiger partial charge on any atom is -0.295 e. The standard InChI is InChI=1S/C21H19N5O3S/c1-13-7-8-18(14(2)10-13)26(15(3)27)20-23-16(12-30-20)11-25-19(24-29-21(25)28)17-6-4-5-9-22-17/h4-10,12H,11H2,1-3H3. The summed E-state index contributed by atoms with van der Waals surface area (Å²) in [5, 5.41) is 6.20. The minimum atomic E-state index is -0.594. The summed E-state index contributed by atoms with van der Waals surface area (Å²) in [5.74, 6) is -0.407. The van der Waals surface area contributed by atoms with Gasteiger partial charge in [-0.15, -0.1) is 11.3 Å². The molecule has 0 saturated carbocycles. The Morgan fingerprint density at radius 1 is 1.23 bits per heavy atom. The van der Waals surface area contributed by atoms with Crippen molar-refractivity contribution in [3.63, 3.8) is 0 Å². The molecule has 9 heteroatoms. The number of benzene rings is 1. The highest BCUT2D eigenvalue weighted by Gasteiger charge is 2.21. The number of aromatic nitrogens is 4. The number of rotatable bonds is 5. The largest absolute Gasteiger partial charge is 0.442 e. The lowest BCUT2D eigenvalue weighted by Crippen LogP contribution is -2.23. The molecular formula is C21H19N5O3S. The van der Waals surface area contributed by atoms with Gasteiger partial charge in [-0.3, -0.25) is 19.2 Å². The molecule has 0 N–H and O–H groups in total. The van der Waals surface area contributed by atoms with Crippen molar-refractivity contribution >= 4 is 28.1 Å². The van der Waals surface area contributed by atoms with Crippen LogP contribution >= 0.6 is 11.3 Å². The zero-order valence-electron chi connectivity index (χ0n) is 16.7. The van der Waals surface area contributed by atoms with Crippen LogP contribution in [0.3, 0.4) is 0 Å². The SMILES string of the molecule is CC(=O)N(c1nc(Cn2c(-c3ccccn3)noc2=O)cs1)c1ccc(C)cc1C. The third kappa shape index (κ3) is 3.79. The van der Waals surface area contributed by atoms with E-state index >= 15 is 0 Å². The van der Waals surface area contributed by atoms with Crippen LogP contribution in [-0.2, 0) is 11.3 Å². The van der Waals surface area contributed by atoms with E-state index in [0.29, 0.717) is 22.3 Å². The van der Waals surface area contributed by atoms with Gasteiger partial charge in [0.15, 0.2) is 5.13 Å². The predicted molar refractivity (Wildman–Crippen MR) is 114 cm³/mol. The van der Waals surface area contributed by atoms with Crippen molar-refractivity contribution in [2.75, 3.05) is 4.90 Å². The number of hydrogen-bond donors (Lipinski definition) is 0. The number of pyridine rings is 1. The molecule has 4 aromatic rings. The van der Waals surface area contributed by atoms with Gasteiger partial charge in [0.05, 0.1) is 17.9 Å². The average molecular weight is 421 g/mol. The van der Waals surface area contributed by atoms with E-state index in [0.717, 1.165) is 16.8 Å². The first kappa shape index (κ1) is 19.7. The first-order valence-electron chi connectivity index (χ1n) is 9.24. The van der Waals surface area contributed by atoms with Gasteiger partial charge >= 0.3 is 5.76 Å². The van der Waals surface area contributed by atoms with Gasteiger partial charge in [0.25, 0.3) is 0 Å². The van der Waals surface area contributed by atoms with Crippen LogP contribution in [0.5, 0.6) is 0 Å². The number of carbonyl (C=O) groups is 1. The lowest BCUT2D eigenvalue weighted by atomic mass is 10.1. The number of hydrogen-bond acceptors (Lipinski definition) is 7. The number of carbonyl (C=O) groups excluding carboxylic acids is 1. The summed E-state index contributed by atoms with van der Waals surface area (Å²) >= 11 is 1.34. The fraction of sp³-hybridized carbons (Fsp3) is 0.190. The minimum absolute atomic E-state index is 0.140. The first-order valence-corrected chi connectivity index (χ1v) is 10.1. The molecule has 0 unspecified atom stereocenters. The normalized spacial score (nSPS) is 10.9. The van der Waals surface area contributed by atoms with E-state index in [1.165, 1.54) is 22.8 Å². The van der Waals surface area contributed by atoms with Crippen LogP contribution in [0.25, 0.3) is 11.5 Å². The molecule has 0 spiro atoms. The van der Waals surface area contributed by atoms with Crippen LogP contribution in [0.2, 0.25) is 0 Å². The molecular weight excluding hydrogens is 402 g/mol. The van der Waals surface area contributed by atoms with E-state index in [4.69, 9.17) is 4.52 Å². The number of nitrogens with zero attached hydrogens (tertiary/aromatic N) is 5. The summed E-state index contributed by atoms with van der Waals surface area (Å²) in [4.78, 5) is 35.0. The molecule has 152 valence electrons. The maximum absolute atomic E-state index is 12.4. The van der Waals surface area contributed by atoms with Gasteiger partial charge in [0.1, 0.15) is 5.69 Å². The van der Waals surface area contributed by atoms with E-state index in [1.807, 2.05) is 37.4 Å². The Bertz CT molecular complexity index is 1260. The summed E-state index contributed by atoms with van der Waals surface area (Å²) in [7, 11) is 0. The summed E-state index contributed by atoms with van der Waals surface area (Å²) in [6.45, 7) is 5.63. The predicted octanol–water partition coefficient (Wildman–Crippen LogP) is 3.70. The van der Waals surface area contributed by atoms with Crippen molar-refractivity contribution in [1.29, 1.82) is 0 Å². The molecule has 0 radical (unpaired) electrons. The summed E-state index contributed by atoms with van der Waals surface area (Å²) in [5.41, 5.74) is 4.03. The fourth-order valence-corrected chi connectivity index (χ4v) is 4.06. The molecule has 30 heavy (non-hydrogen) atoms. The molecule has 4 rings (SSSR count). The van der Waals surface area contributed by atoms with Gasteiger partial charge < -0.3 is 0 Å². The molecule has 0 saturated heterocycles. The van der Waals surface area contributed by atoms with Gasteiger partial charge in [-0.05, 0) is 37.6 Å². The van der Waals surface area contributed by atoms with E-state index in [2.05, 4.69) is 15.1 Å². The Morgan fingerprint density at radius 3 is 2.77 bits per heavy atom. The monoisotopic (exact) mass is 421 g/mol. The van der Waals surface area contributed by atoms with E-state index < -0.39 is 5.76 Å². The Kier molecular flexibility index (Phi) is 5.28. The second-order valence-electron chi connectivity index (χ2n) is 6.84. The van der Waals surface area contributed by atoms with Crippen molar-refractivity contribution in [3.05, 3.63) is 75.3 Å². The van der Waals surface area contributed by atoms with Crippen molar-refractivity contribution in [2.24, 2.45) is 0 Å². The third-order valence-electron chi connectivity index (χ3n) is 4.54. The Balaban J connectivity index is 1.67. The average Bonchev–Trinajstić information content (AvgIpc) is 3.32. The van der Waals surface area contributed by atoms with Crippen LogP contribution in [-0.4, -0.2) is 25.6 Å². The summed E-state index contributed by atoms with van der Waals surface area (Å²) in [6, 6.07) is 11.2. The Labute approximate surface area is 176 Å². The number of aryl methyl sites for hydroxylation is 2. The van der Waals surface area contributed by atoms with Crippen LogP contribution in [0.15, 0.2) is 57.3 Å². The lowest BCUT2D eigenvalue weighted by Gasteiger charge is -2.20. The molecule has 8 nitrogen and oxygen atoms in total. The molecule has 0 aliphatic carbocycles. The molecule has 3 heterocycles. The van der Waals surface area contributed by atoms with Crippen molar-refractivity contribution < 1.29 is 9.32 Å². The van der Waals surface area contributed by atoms with Gasteiger partial charge in [-0.25, -0.2) is 14.3 Å². The third-order valence-corrected chi connectivity index (χ3v) is 5.41. The van der Waals surface area contributed by atoms with Crippen LogP contribution in [0.4, 0.5) is 10.8 Å². The zero-order chi connectivity index (χ0) is 21.3. The zero-order valence-corrected chi connectivity index (χ0v) is 17.5. The van der Waals surface area contributed by atoms with Gasteiger partial charge in [-0.2, -0.15) is 0 Å². The lowest BCUT2D eigenvalue weighted by molar-refractivity contribution is -0.115. The van der Waals surface area contributed by atoms with Gasteiger partial charge in [0.2, 0.25) is 11.7 Å². The second-order valence-corrected chi connectivity index (χ2v) is 7.68. The molecule has 0 fully saturated rings. The van der Waals surface area contributed by atoms with E-state index in [-0.39, 0.29) is 12.5 Å². The molecule has 0 aliphatic heterocycles. The molecule has 0 atom stereocenters. The Hall–Kier alpha value is -3.59. The first-order chi connectivity index (χ1) is 14.4. The maximum atomic E-state index is 12.4. The summed E-state index contributed by atoms with van der Waals surface area (Å²) in [6.07, 6.45) is 1.62. The topological polar surface area (TPSA) is 94.1 Å². The molecule has 3 aromatic heterocycles. The van der Waals surface area contributed by atoms with Crippen LogP contribution in [0, 0.1) is 13.8 Å². The summed E-state index contributed by atoms with van der Waals surface area (Å²) < 4.78 is 6.21. The van der Waals surface area contributed by atoms with Crippen LogP contribution < -0.4 is 10.7 Å². The molecule has 0 bridgehead atoms. The highest BCUT2D eigenvalue weighted by molar-refractivity contribution is 7.14.